The second-order valence-corrected chi connectivity index (χ2v) is 8.49. The van der Waals surface area contributed by atoms with Gasteiger partial charge in [0.25, 0.3) is 0 Å². The summed E-state index contributed by atoms with van der Waals surface area (Å²) in [5.41, 5.74) is 2.38. The molecule has 0 unspecified atom stereocenters. The van der Waals surface area contributed by atoms with Crippen molar-refractivity contribution in [1.82, 2.24) is 9.88 Å². The number of aromatic nitrogens is 1. The van der Waals surface area contributed by atoms with Gasteiger partial charge in [-0.1, -0.05) is 36.4 Å². The average Bonchev–Trinajstić information content (AvgIpc) is 3.46. The van der Waals surface area contributed by atoms with Crippen LogP contribution in [0.2, 0.25) is 0 Å². The van der Waals surface area contributed by atoms with Crippen molar-refractivity contribution in [2.75, 3.05) is 6.79 Å². The fraction of sp³-hybridized carbons (Fsp3) is 0.333. The first kappa shape index (κ1) is 20.4. The number of nitrogens with zero attached hydrogens (tertiary/aromatic N) is 2. The first-order valence-corrected chi connectivity index (χ1v) is 11.2. The van der Waals surface area contributed by atoms with E-state index in [2.05, 4.69) is 36.2 Å². The van der Waals surface area contributed by atoms with Gasteiger partial charge in [0.15, 0.2) is 11.5 Å². The molecule has 1 atom stereocenters. The number of carbonyl (C=O) groups excluding carboxylic acids is 1. The van der Waals surface area contributed by atoms with Crippen LogP contribution in [-0.2, 0) is 24.2 Å². The highest BCUT2D eigenvalue weighted by molar-refractivity contribution is 7.09. The van der Waals surface area contributed by atoms with Crippen LogP contribution in [0.3, 0.4) is 0 Å². The number of aryl methyl sites for hydroxylation is 2. The number of thiazole rings is 1. The SMILES string of the molecule is C[C@@H](CCc1ccccc1)N(Cc1nccs1)C(=O)CCc1ccc2c(c1)OCO2. The quantitative estimate of drug-likeness (QED) is 0.494. The number of carbonyl (C=O) groups is 1. The van der Waals surface area contributed by atoms with Crippen molar-refractivity contribution in [3.63, 3.8) is 0 Å². The highest BCUT2D eigenvalue weighted by atomic mass is 32.1. The van der Waals surface area contributed by atoms with Crippen molar-refractivity contribution in [2.45, 2.75) is 45.2 Å². The molecule has 2 aromatic carbocycles. The Morgan fingerprint density at radius 1 is 1.10 bits per heavy atom. The molecule has 0 bridgehead atoms. The van der Waals surface area contributed by atoms with Gasteiger partial charge in [0, 0.05) is 24.0 Å². The van der Waals surface area contributed by atoms with Crippen molar-refractivity contribution in [3.05, 3.63) is 76.2 Å². The molecule has 1 aromatic heterocycles. The maximum atomic E-state index is 13.2. The third-order valence-corrected chi connectivity index (χ3v) is 6.16. The number of fused-ring (bicyclic) bond motifs is 1. The summed E-state index contributed by atoms with van der Waals surface area (Å²) in [6.07, 6.45) is 4.80. The number of amides is 1. The van der Waals surface area contributed by atoms with E-state index in [1.165, 1.54) is 5.56 Å². The molecule has 0 fully saturated rings. The molecule has 0 spiro atoms. The molecular formula is C24H26N2O3S. The van der Waals surface area contributed by atoms with Gasteiger partial charge in [-0.15, -0.1) is 11.3 Å². The Kier molecular flexibility index (Phi) is 6.64. The highest BCUT2D eigenvalue weighted by Crippen LogP contribution is 2.32. The molecule has 1 amide bonds. The minimum atomic E-state index is 0.137. The molecule has 0 radical (unpaired) electrons. The minimum Gasteiger partial charge on any atom is -0.454 e. The van der Waals surface area contributed by atoms with Gasteiger partial charge in [0.05, 0.1) is 6.54 Å². The summed E-state index contributed by atoms with van der Waals surface area (Å²) in [4.78, 5) is 19.5. The zero-order valence-corrected chi connectivity index (χ0v) is 17.9. The van der Waals surface area contributed by atoms with Crippen LogP contribution < -0.4 is 9.47 Å². The second kappa shape index (κ2) is 9.76. The summed E-state index contributed by atoms with van der Waals surface area (Å²) in [6, 6.07) is 16.5. The van der Waals surface area contributed by atoms with Gasteiger partial charge in [-0.25, -0.2) is 4.98 Å². The van der Waals surface area contributed by atoms with Gasteiger partial charge in [-0.2, -0.15) is 0 Å². The van der Waals surface area contributed by atoms with Crippen molar-refractivity contribution in [3.8, 4) is 11.5 Å². The number of ether oxygens (including phenoxy) is 2. The molecule has 2 heterocycles. The number of hydrogen-bond acceptors (Lipinski definition) is 5. The Labute approximate surface area is 181 Å². The van der Waals surface area contributed by atoms with Gasteiger partial charge in [0.1, 0.15) is 5.01 Å². The molecule has 0 saturated carbocycles. The summed E-state index contributed by atoms with van der Waals surface area (Å²) in [6.45, 7) is 2.96. The zero-order chi connectivity index (χ0) is 20.8. The Morgan fingerprint density at radius 2 is 1.93 bits per heavy atom. The Hall–Kier alpha value is -2.86. The summed E-state index contributed by atoms with van der Waals surface area (Å²) in [7, 11) is 0. The predicted octanol–water partition coefficient (Wildman–Crippen LogP) is 4.85. The third kappa shape index (κ3) is 5.19. The first-order chi connectivity index (χ1) is 14.7. The molecule has 3 aromatic rings. The summed E-state index contributed by atoms with van der Waals surface area (Å²) >= 11 is 1.59. The Morgan fingerprint density at radius 3 is 2.73 bits per heavy atom. The summed E-state index contributed by atoms with van der Waals surface area (Å²) in [5.74, 6) is 1.68. The van der Waals surface area contributed by atoms with Gasteiger partial charge < -0.3 is 14.4 Å². The fourth-order valence-electron chi connectivity index (χ4n) is 3.63. The van der Waals surface area contributed by atoms with Crippen LogP contribution in [0.25, 0.3) is 0 Å². The van der Waals surface area contributed by atoms with Crippen LogP contribution in [0.1, 0.15) is 35.9 Å². The van der Waals surface area contributed by atoms with Gasteiger partial charge in [0.2, 0.25) is 12.7 Å². The van der Waals surface area contributed by atoms with Crippen LogP contribution >= 0.6 is 11.3 Å². The maximum Gasteiger partial charge on any atom is 0.231 e. The summed E-state index contributed by atoms with van der Waals surface area (Å²) < 4.78 is 10.8. The maximum absolute atomic E-state index is 13.2. The molecule has 4 rings (SSSR count). The first-order valence-electron chi connectivity index (χ1n) is 10.3. The average molecular weight is 423 g/mol. The van der Waals surface area contributed by atoms with E-state index in [1.807, 2.05) is 34.5 Å². The van der Waals surface area contributed by atoms with Gasteiger partial charge in [-0.05, 0) is 49.4 Å². The smallest absolute Gasteiger partial charge is 0.231 e. The van der Waals surface area contributed by atoms with Crippen LogP contribution in [0.5, 0.6) is 11.5 Å². The van der Waals surface area contributed by atoms with E-state index in [0.717, 1.165) is 34.9 Å². The number of hydrogen-bond donors (Lipinski definition) is 0. The molecule has 1 aliphatic heterocycles. The molecule has 156 valence electrons. The van der Waals surface area contributed by atoms with E-state index in [0.29, 0.717) is 19.4 Å². The lowest BCUT2D eigenvalue weighted by atomic mass is 10.0. The van der Waals surface area contributed by atoms with Crippen molar-refractivity contribution < 1.29 is 14.3 Å². The van der Waals surface area contributed by atoms with Gasteiger partial charge >= 0.3 is 0 Å². The molecule has 1 aliphatic rings. The zero-order valence-electron chi connectivity index (χ0n) is 17.1. The number of benzene rings is 2. The molecule has 0 N–H and O–H groups in total. The lowest BCUT2D eigenvalue weighted by molar-refractivity contribution is -0.134. The van der Waals surface area contributed by atoms with E-state index < -0.39 is 0 Å². The Balaban J connectivity index is 1.39. The van der Waals surface area contributed by atoms with E-state index >= 15 is 0 Å². The molecule has 0 saturated heterocycles. The highest BCUT2D eigenvalue weighted by Gasteiger charge is 2.22. The Bertz CT molecular complexity index is 960. The normalized spacial score (nSPS) is 13.2. The van der Waals surface area contributed by atoms with E-state index in [9.17, 15) is 4.79 Å². The van der Waals surface area contributed by atoms with Crippen molar-refractivity contribution in [2.24, 2.45) is 0 Å². The lowest BCUT2D eigenvalue weighted by Crippen LogP contribution is -2.38. The van der Waals surface area contributed by atoms with E-state index in [1.54, 1.807) is 17.5 Å². The topological polar surface area (TPSA) is 51.7 Å². The van der Waals surface area contributed by atoms with Crippen LogP contribution in [0.15, 0.2) is 60.1 Å². The van der Waals surface area contributed by atoms with Crippen LogP contribution in [0, 0.1) is 0 Å². The standard InChI is InChI=1S/C24H26N2O3S/c1-18(7-8-19-5-3-2-4-6-19)26(16-23-25-13-14-30-23)24(27)12-10-20-9-11-21-22(15-20)29-17-28-21/h2-6,9,11,13-15,18H,7-8,10,12,16-17H2,1H3/t18-/m0/s1. The largest absolute Gasteiger partial charge is 0.454 e. The van der Waals surface area contributed by atoms with Crippen molar-refractivity contribution in [1.29, 1.82) is 0 Å². The van der Waals surface area contributed by atoms with Crippen LogP contribution in [0.4, 0.5) is 0 Å². The molecule has 0 aliphatic carbocycles. The lowest BCUT2D eigenvalue weighted by Gasteiger charge is -2.29. The second-order valence-electron chi connectivity index (χ2n) is 7.51. The van der Waals surface area contributed by atoms with E-state index in [-0.39, 0.29) is 18.7 Å². The predicted molar refractivity (Wildman–Crippen MR) is 118 cm³/mol. The minimum absolute atomic E-state index is 0.137. The fourth-order valence-corrected chi connectivity index (χ4v) is 4.25. The monoisotopic (exact) mass is 422 g/mol. The number of rotatable bonds is 9. The third-order valence-electron chi connectivity index (χ3n) is 5.40. The van der Waals surface area contributed by atoms with Crippen LogP contribution in [-0.4, -0.2) is 28.6 Å². The molecule has 5 nitrogen and oxygen atoms in total. The molecule has 6 heteroatoms. The summed E-state index contributed by atoms with van der Waals surface area (Å²) in [5, 5.41) is 2.93. The van der Waals surface area contributed by atoms with Crippen molar-refractivity contribution >= 4 is 17.2 Å². The van der Waals surface area contributed by atoms with Gasteiger partial charge in [-0.3, -0.25) is 4.79 Å². The molecular weight excluding hydrogens is 396 g/mol. The van der Waals surface area contributed by atoms with E-state index in [4.69, 9.17) is 9.47 Å². The molecule has 30 heavy (non-hydrogen) atoms.